The molecule has 0 spiro atoms. The zero-order valence-electron chi connectivity index (χ0n) is 13.8. The third kappa shape index (κ3) is 5.59. The quantitative estimate of drug-likeness (QED) is 0.377. The molecule has 0 unspecified atom stereocenters. The minimum Gasteiger partial charge on any atom is -1.00 e. The van der Waals surface area contributed by atoms with Crippen molar-refractivity contribution >= 4 is 21.5 Å². The first-order valence-corrected chi connectivity index (χ1v) is 7.50. The van der Waals surface area contributed by atoms with E-state index in [1.165, 1.54) is 27.1 Å². The molecule has 0 aliphatic rings. The van der Waals surface area contributed by atoms with Gasteiger partial charge in [-0.3, -0.25) is 0 Å². The molecule has 0 nitrogen and oxygen atoms in total. The third-order valence-corrected chi connectivity index (χ3v) is 3.85. The Hall–Kier alpha value is -0.877. The Morgan fingerprint density at radius 2 is 1.33 bits per heavy atom. The molecule has 0 amide bonds. The summed E-state index contributed by atoms with van der Waals surface area (Å²) in [7, 11) is 0. The Morgan fingerprint density at radius 1 is 0.750 bits per heavy atom. The Kier molecular flexibility index (Phi) is 10.5. The van der Waals surface area contributed by atoms with E-state index in [1.54, 1.807) is 0 Å². The summed E-state index contributed by atoms with van der Waals surface area (Å²) in [5, 5.41) is 5.39. The van der Waals surface area contributed by atoms with Crippen molar-refractivity contribution in [1.29, 1.82) is 0 Å². The van der Waals surface area contributed by atoms with Gasteiger partial charge in [0.1, 0.15) is 0 Å². The minimum atomic E-state index is 0. The molecule has 4 aromatic carbocycles. The van der Waals surface area contributed by atoms with Gasteiger partial charge in [-0.05, 0) is 5.92 Å². The maximum atomic E-state index is 2.28. The molecule has 0 aromatic heterocycles. The summed E-state index contributed by atoms with van der Waals surface area (Å²) in [5.74, 6) is 0.636. The summed E-state index contributed by atoms with van der Waals surface area (Å²) in [6, 6.07) is 27.7. The second-order valence-corrected chi connectivity index (χ2v) is 5.73. The van der Waals surface area contributed by atoms with E-state index >= 15 is 0 Å². The zero-order valence-corrected chi connectivity index (χ0v) is 17.8. The van der Waals surface area contributed by atoms with Gasteiger partial charge in [0.15, 0.2) is 0 Å². The number of hydrogen-bond donors (Lipinski definition) is 0. The van der Waals surface area contributed by atoms with Gasteiger partial charge in [-0.15, -0.1) is 70.3 Å². The first kappa shape index (κ1) is 23.1. The summed E-state index contributed by atoms with van der Waals surface area (Å²) in [6.07, 6.45) is 0. The Labute approximate surface area is 175 Å². The molecule has 0 bridgehead atoms. The fraction of sp³-hybridized carbons (Fsp3) is 0.143. The van der Waals surface area contributed by atoms with Crippen LogP contribution < -0.4 is 24.8 Å². The molecule has 4 rings (SSSR count). The Bertz CT molecular complexity index is 780. The Morgan fingerprint density at radius 3 is 1.92 bits per heavy atom. The Balaban J connectivity index is 0.000000402. The van der Waals surface area contributed by atoms with Crippen molar-refractivity contribution in [3.8, 4) is 0 Å². The molecule has 3 heteroatoms. The van der Waals surface area contributed by atoms with E-state index in [2.05, 4.69) is 92.7 Å². The van der Waals surface area contributed by atoms with Crippen LogP contribution in [0.4, 0.5) is 0 Å². The molecule has 0 radical (unpaired) electrons. The summed E-state index contributed by atoms with van der Waals surface area (Å²) in [4.78, 5) is 0. The number of benzene rings is 2. The maximum Gasteiger partial charge on any atom is 4.00 e. The normalized spacial score (nSPS) is 9.46. The van der Waals surface area contributed by atoms with Gasteiger partial charge in [0.2, 0.25) is 0 Å². The van der Waals surface area contributed by atoms with Gasteiger partial charge in [0.25, 0.3) is 0 Å². The van der Waals surface area contributed by atoms with E-state index in [0.29, 0.717) is 5.92 Å². The number of rotatable bonds is 1. The molecule has 0 heterocycles. The SMILES string of the molecule is CC(C)c1cc2ccccc2[cH-]1.[Cl-].[Cl-].[Zr+4].c1ccc2[cH-]ccc2c1. The molecule has 0 atom stereocenters. The molecule has 122 valence electrons. The fourth-order valence-electron chi connectivity index (χ4n) is 2.58. The van der Waals surface area contributed by atoms with E-state index in [1.807, 2.05) is 0 Å². The predicted octanol–water partition coefficient (Wildman–Crippen LogP) is 0.246. The van der Waals surface area contributed by atoms with Gasteiger partial charge in [-0.25, -0.2) is 0 Å². The van der Waals surface area contributed by atoms with Gasteiger partial charge in [0, 0.05) is 0 Å². The van der Waals surface area contributed by atoms with Crippen molar-refractivity contribution < 1.29 is 51.0 Å². The average Bonchev–Trinajstić information content (AvgIpc) is 3.14. The van der Waals surface area contributed by atoms with Crippen molar-refractivity contribution in [3.05, 3.63) is 84.4 Å². The first-order chi connectivity index (χ1) is 10.2. The summed E-state index contributed by atoms with van der Waals surface area (Å²) in [6.45, 7) is 4.46. The molecule has 0 fully saturated rings. The van der Waals surface area contributed by atoms with Crippen molar-refractivity contribution in [1.82, 2.24) is 0 Å². The van der Waals surface area contributed by atoms with Gasteiger partial charge in [-0.2, -0.15) is 23.6 Å². The predicted molar refractivity (Wildman–Crippen MR) is 93.2 cm³/mol. The van der Waals surface area contributed by atoms with Gasteiger partial charge < -0.3 is 24.8 Å². The first-order valence-electron chi connectivity index (χ1n) is 7.50. The topological polar surface area (TPSA) is 0 Å². The molecule has 0 saturated heterocycles. The molecular weight excluding hydrogens is 414 g/mol. The van der Waals surface area contributed by atoms with Crippen LogP contribution in [0.3, 0.4) is 0 Å². The van der Waals surface area contributed by atoms with Crippen LogP contribution in [-0.2, 0) is 26.2 Å². The summed E-state index contributed by atoms with van der Waals surface area (Å²) >= 11 is 0. The van der Waals surface area contributed by atoms with Crippen LogP contribution in [0.5, 0.6) is 0 Å². The second kappa shape index (κ2) is 10.9. The van der Waals surface area contributed by atoms with Crippen LogP contribution in [0.25, 0.3) is 21.5 Å². The summed E-state index contributed by atoms with van der Waals surface area (Å²) < 4.78 is 0. The maximum absolute atomic E-state index is 2.28. The molecular formula is C21H20Cl2Zr. The fourth-order valence-corrected chi connectivity index (χ4v) is 2.58. The smallest absolute Gasteiger partial charge is 1.00 e. The van der Waals surface area contributed by atoms with Crippen molar-refractivity contribution in [3.63, 3.8) is 0 Å². The number of fused-ring (bicyclic) bond motifs is 2. The third-order valence-electron chi connectivity index (χ3n) is 3.85. The zero-order chi connectivity index (χ0) is 14.7. The van der Waals surface area contributed by atoms with Gasteiger partial charge >= 0.3 is 26.2 Å². The van der Waals surface area contributed by atoms with E-state index in [0.717, 1.165) is 0 Å². The van der Waals surface area contributed by atoms with Crippen LogP contribution in [0.1, 0.15) is 25.3 Å². The number of halogens is 2. The minimum absolute atomic E-state index is 0. The van der Waals surface area contributed by atoms with Crippen LogP contribution >= 0.6 is 0 Å². The van der Waals surface area contributed by atoms with Crippen molar-refractivity contribution in [2.45, 2.75) is 19.8 Å². The molecule has 0 aliphatic carbocycles. The molecule has 0 saturated carbocycles. The molecule has 0 aliphatic heterocycles. The van der Waals surface area contributed by atoms with Crippen LogP contribution in [-0.4, -0.2) is 0 Å². The van der Waals surface area contributed by atoms with Gasteiger partial charge in [-0.1, -0.05) is 26.0 Å². The standard InChI is InChI=1S/C12H13.C9H7.2ClH.Zr/c1-9(2)12-7-10-5-3-4-6-11(10)8-12;1-2-5-9-7-3-6-8(9)4-1;;;/h3-9H,1-2H3;1-7H;2*1H;/q2*-1;;;+4/p-2. The van der Waals surface area contributed by atoms with Crippen LogP contribution in [0, 0.1) is 0 Å². The summed E-state index contributed by atoms with van der Waals surface area (Å²) in [5.41, 5.74) is 1.44. The average molecular weight is 435 g/mol. The number of hydrogen-bond acceptors (Lipinski definition) is 0. The van der Waals surface area contributed by atoms with Gasteiger partial charge in [0.05, 0.1) is 0 Å². The molecule has 4 aromatic rings. The van der Waals surface area contributed by atoms with E-state index in [9.17, 15) is 0 Å². The molecule has 0 N–H and O–H groups in total. The monoisotopic (exact) mass is 432 g/mol. The van der Waals surface area contributed by atoms with Crippen LogP contribution in [0.15, 0.2) is 78.9 Å². The largest absolute Gasteiger partial charge is 4.00 e. The second-order valence-electron chi connectivity index (χ2n) is 5.73. The molecule has 24 heavy (non-hydrogen) atoms. The van der Waals surface area contributed by atoms with Crippen molar-refractivity contribution in [2.75, 3.05) is 0 Å². The van der Waals surface area contributed by atoms with E-state index < -0.39 is 0 Å². The van der Waals surface area contributed by atoms with Crippen molar-refractivity contribution in [2.24, 2.45) is 0 Å². The van der Waals surface area contributed by atoms with Crippen LogP contribution in [0.2, 0.25) is 0 Å². The van der Waals surface area contributed by atoms with E-state index in [-0.39, 0.29) is 51.0 Å². The van der Waals surface area contributed by atoms with E-state index in [4.69, 9.17) is 0 Å².